The van der Waals surface area contributed by atoms with E-state index in [4.69, 9.17) is 4.42 Å². The van der Waals surface area contributed by atoms with Crippen LogP contribution >= 0.6 is 0 Å². The van der Waals surface area contributed by atoms with Crippen molar-refractivity contribution in [3.63, 3.8) is 0 Å². The van der Waals surface area contributed by atoms with E-state index in [1.165, 1.54) is 4.90 Å². The fraction of sp³-hybridized carbons (Fsp3) is 0.600. The summed E-state index contributed by atoms with van der Waals surface area (Å²) in [5.74, 6) is 0.364. The molecule has 1 N–H and O–H groups in total. The van der Waals surface area contributed by atoms with Crippen LogP contribution in [-0.2, 0) is 4.79 Å². The summed E-state index contributed by atoms with van der Waals surface area (Å²) in [4.78, 5) is 25.3. The minimum atomic E-state index is -0.928. The van der Waals surface area contributed by atoms with Gasteiger partial charge < -0.3 is 14.4 Å². The number of aryl methyl sites for hydroxylation is 1. The molecule has 1 aliphatic rings. The van der Waals surface area contributed by atoms with Crippen LogP contribution in [0.3, 0.4) is 0 Å². The maximum absolute atomic E-state index is 12.6. The summed E-state index contributed by atoms with van der Waals surface area (Å²) in [7, 11) is 0. The van der Waals surface area contributed by atoms with Crippen LogP contribution in [0, 0.1) is 6.92 Å². The SMILES string of the molecule is Cc1oc(C(C)C)cc1C(=O)N1CCCC[C@@H]1C(=O)O. The standard InChI is InChI=1S/C15H21NO4/c1-9(2)13-8-11(10(3)20-13)14(17)16-7-5-4-6-12(16)15(18)19/h8-9,12H,4-7H2,1-3H3,(H,18,19)/t12-/m1/s1. The first kappa shape index (κ1) is 14.6. The van der Waals surface area contributed by atoms with Gasteiger partial charge in [0.15, 0.2) is 0 Å². The topological polar surface area (TPSA) is 70.8 Å². The van der Waals surface area contributed by atoms with E-state index < -0.39 is 12.0 Å². The summed E-state index contributed by atoms with van der Waals surface area (Å²) >= 11 is 0. The number of nitrogens with zero attached hydrogens (tertiary/aromatic N) is 1. The number of rotatable bonds is 3. The van der Waals surface area contributed by atoms with Crippen molar-refractivity contribution in [3.8, 4) is 0 Å². The maximum atomic E-state index is 12.6. The van der Waals surface area contributed by atoms with Crippen molar-refractivity contribution < 1.29 is 19.1 Å². The Balaban J connectivity index is 2.27. The number of likely N-dealkylation sites (tertiary alicyclic amines) is 1. The van der Waals surface area contributed by atoms with E-state index in [-0.39, 0.29) is 11.8 Å². The lowest BCUT2D eigenvalue weighted by Gasteiger charge is -2.32. The fourth-order valence-electron chi connectivity index (χ4n) is 2.59. The van der Waals surface area contributed by atoms with Gasteiger partial charge in [0, 0.05) is 12.5 Å². The van der Waals surface area contributed by atoms with Crippen LogP contribution < -0.4 is 0 Å². The number of hydrogen-bond acceptors (Lipinski definition) is 3. The first-order valence-electron chi connectivity index (χ1n) is 7.06. The van der Waals surface area contributed by atoms with E-state index in [1.807, 2.05) is 13.8 Å². The molecule has 5 nitrogen and oxygen atoms in total. The Hall–Kier alpha value is -1.78. The van der Waals surface area contributed by atoms with Gasteiger partial charge in [-0.15, -0.1) is 0 Å². The molecule has 20 heavy (non-hydrogen) atoms. The maximum Gasteiger partial charge on any atom is 0.326 e. The Morgan fingerprint density at radius 1 is 1.40 bits per heavy atom. The lowest BCUT2D eigenvalue weighted by molar-refractivity contribution is -0.143. The Bertz CT molecular complexity index is 518. The summed E-state index contributed by atoms with van der Waals surface area (Å²) in [6, 6.07) is 1.03. The van der Waals surface area contributed by atoms with Crippen LogP contribution in [0.5, 0.6) is 0 Å². The van der Waals surface area contributed by atoms with Crippen molar-refractivity contribution in [2.24, 2.45) is 0 Å². The average Bonchev–Trinajstić information content (AvgIpc) is 2.80. The van der Waals surface area contributed by atoms with E-state index in [0.717, 1.165) is 18.6 Å². The van der Waals surface area contributed by atoms with E-state index in [2.05, 4.69) is 0 Å². The van der Waals surface area contributed by atoms with Crippen LogP contribution in [0.15, 0.2) is 10.5 Å². The van der Waals surface area contributed by atoms with Crippen LogP contribution in [0.4, 0.5) is 0 Å². The Labute approximate surface area is 118 Å². The molecule has 1 atom stereocenters. The molecule has 1 amide bonds. The second-order valence-electron chi connectivity index (χ2n) is 5.62. The van der Waals surface area contributed by atoms with Gasteiger partial charge in [0.1, 0.15) is 17.6 Å². The Morgan fingerprint density at radius 2 is 2.10 bits per heavy atom. The molecule has 1 saturated heterocycles. The second kappa shape index (κ2) is 5.69. The number of carbonyl (C=O) groups excluding carboxylic acids is 1. The third-order valence-electron chi connectivity index (χ3n) is 3.79. The number of carboxylic acids is 1. The highest BCUT2D eigenvalue weighted by Crippen LogP contribution is 2.26. The zero-order valence-electron chi connectivity index (χ0n) is 12.2. The third-order valence-corrected chi connectivity index (χ3v) is 3.79. The number of carboxylic acid groups (broad SMARTS) is 1. The Morgan fingerprint density at radius 3 is 2.65 bits per heavy atom. The van der Waals surface area contributed by atoms with Crippen LogP contribution in [0.25, 0.3) is 0 Å². The van der Waals surface area contributed by atoms with Gasteiger partial charge in [-0.1, -0.05) is 13.8 Å². The first-order valence-corrected chi connectivity index (χ1v) is 7.06. The molecular weight excluding hydrogens is 258 g/mol. The number of hydrogen-bond donors (Lipinski definition) is 1. The van der Waals surface area contributed by atoms with Gasteiger partial charge in [0.2, 0.25) is 0 Å². The molecule has 2 heterocycles. The molecule has 1 aromatic heterocycles. The summed E-state index contributed by atoms with van der Waals surface area (Å²) in [6.07, 6.45) is 2.22. The molecule has 0 unspecified atom stereocenters. The number of amides is 1. The first-order chi connectivity index (χ1) is 9.41. The quantitative estimate of drug-likeness (QED) is 0.923. The summed E-state index contributed by atoms with van der Waals surface area (Å²) in [5, 5.41) is 9.25. The molecule has 0 aliphatic carbocycles. The van der Waals surface area contributed by atoms with E-state index in [0.29, 0.717) is 24.3 Å². The smallest absolute Gasteiger partial charge is 0.326 e. The largest absolute Gasteiger partial charge is 0.480 e. The molecule has 0 saturated carbocycles. The van der Waals surface area contributed by atoms with Crippen molar-refractivity contribution in [2.75, 3.05) is 6.54 Å². The van der Waals surface area contributed by atoms with Gasteiger partial charge in [-0.3, -0.25) is 4.79 Å². The van der Waals surface area contributed by atoms with E-state index >= 15 is 0 Å². The molecule has 1 aromatic rings. The second-order valence-corrected chi connectivity index (χ2v) is 5.62. The minimum Gasteiger partial charge on any atom is -0.480 e. The van der Waals surface area contributed by atoms with Gasteiger partial charge in [0.25, 0.3) is 5.91 Å². The molecule has 1 aliphatic heterocycles. The highest BCUT2D eigenvalue weighted by molar-refractivity contribution is 5.97. The van der Waals surface area contributed by atoms with Gasteiger partial charge in [0.05, 0.1) is 5.56 Å². The predicted octanol–water partition coefficient (Wildman–Crippen LogP) is 2.79. The minimum absolute atomic E-state index is 0.201. The van der Waals surface area contributed by atoms with Crippen LogP contribution in [0.2, 0.25) is 0 Å². The van der Waals surface area contributed by atoms with Gasteiger partial charge in [-0.2, -0.15) is 0 Å². The van der Waals surface area contributed by atoms with Crippen molar-refractivity contribution in [3.05, 3.63) is 23.2 Å². The zero-order chi connectivity index (χ0) is 14.9. The molecule has 1 fully saturated rings. The molecule has 0 bridgehead atoms. The van der Waals surface area contributed by atoms with Gasteiger partial charge in [-0.25, -0.2) is 4.79 Å². The van der Waals surface area contributed by atoms with Crippen LogP contribution in [-0.4, -0.2) is 34.5 Å². The van der Waals surface area contributed by atoms with Gasteiger partial charge >= 0.3 is 5.97 Å². The lowest BCUT2D eigenvalue weighted by Crippen LogP contribution is -2.48. The number of carbonyl (C=O) groups is 2. The van der Waals surface area contributed by atoms with Crippen molar-refractivity contribution in [2.45, 2.75) is 52.0 Å². The average molecular weight is 279 g/mol. The molecule has 5 heteroatoms. The molecule has 110 valence electrons. The third kappa shape index (κ3) is 2.71. The predicted molar refractivity (Wildman–Crippen MR) is 73.8 cm³/mol. The monoisotopic (exact) mass is 279 g/mol. The fourth-order valence-corrected chi connectivity index (χ4v) is 2.59. The van der Waals surface area contributed by atoms with Crippen molar-refractivity contribution >= 4 is 11.9 Å². The Kier molecular flexibility index (Phi) is 4.16. The van der Waals surface area contributed by atoms with Crippen molar-refractivity contribution in [1.29, 1.82) is 0 Å². The molecule has 2 rings (SSSR count). The van der Waals surface area contributed by atoms with Crippen LogP contribution in [0.1, 0.15) is 60.9 Å². The summed E-state index contributed by atoms with van der Waals surface area (Å²) in [6.45, 7) is 6.23. The van der Waals surface area contributed by atoms with Crippen molar-refractivity contribution in [1.82, 2.24) is 4.90 Å². The molecular formula is C15H21NO4. The zero-order valence-corrected chi connectivity index (χ0v) is 12.2. The number of aliphatic carboxylic acids is 1. The van der Waals surface area contributed by atoms with E-state index in [9.17, 15) is 14.7 Å². The molecule has 0 spiro atoms. The van der Waals surface area contributed by atoms with Gasteiger partial charge in [-0.05, 0) is 32.3 Å². The molecule has 0 radical (unpaired) electrons. The number of piperidine rings is 1. The highest BCUT2D eigenvalue weighted by atomic mass is 16.4. The molecule has 0 aromatic carbocycles. The summed E-state index contributed by atoms with van der Waals surface area (Å²) < 4.78 is 5.59. The highest BCUT2D eigenvalue weighted by Gasteiger charge is 2.33. The number of furan rings is 1. The lowest BCUT2D eigenvalue weighted by atomic mass is 10.0. The normalized spacial score (nSPS) is 19.4. The van der Waals surface area contributed by atoms with E-state index in [1.54, 1.807) is 13.0 Å². The summed E-state index contributed by atoms with van der Waals surface area (Å²) in [5.41, 5.74) is 0.488.